The van der Waals surface area contributed by atoms with Crippen molar-refractivity contribution in [1.29, 1.82) is 0 Å². The molecule has 9 nitrogen and oxygen atoms in total. The summed E-state index contributed by atoms with van der Waals surface area (Å²) in [6.07, 6.45) is -4.71. The molecule has 0 spiro atoms. The number of nitrogens with zero attached hydrogens (tertiary/aromatic N) is 4. The van der Waals surface area contributed by atoms with Crippen molar-refractivity contribution in [3.8, 4) is 28.1 Å². The van der Waals surface area contributed by atoms with E-state index in [0.29, 0.717) is 42.8 Å². The Kier molecular flexibility index (Phi) is 9.69. The summed E-state index contributed by atoms with van der Waals surface area (Å²) in [4.78, 5) is 31.3. The minimum Gasteiger partial charge on any atom is -0.465 e. The largest absolute Gasteiger partial charge is 0.573 e. The molecule has 12 heteroatoms. The van der Waals surface area contributed by atoms with Crippen LogP contribution in [0.3, 0.4) is 0 Å². The number of halogens is 3. The lowest BCUT2D eigenvalue weighted by Crippen LogP contribution is -2.45. The molecule has 2 N–H and O–H groups in total. The zero-order valence-electron chi connectivity index (χ0n) is 26.7. The van der Waals surface area contributed by atoms with Crippen LogP contribution in [-0.2, 0) is 6.54 Å². The molecule has 2 amide bonds. The van der Waals surface area contributed by atoms with Crippen LogP contribution < -0.4 is 10.1 Å². The van der Waals surface area contributed by atoms with Gasteiger partial charge in [-0.05, 0) is 75.5 Å². The number of nitrogens with one attached hydrogen (secondary N) is 1. The third-order valence-electron chi connectivity index (χ3n) is 8.70. The molecule has 2 aliphatic heterocycles. The number of carboxylic acid groups (broad SMARTS) is 1. The van der Waals surface area contributed by atoms with Crippen LogP contribution in [0.5, 0.6) is 5.75 Å². The lowest BCUT2D eigenvalue weighted by atomic mass is 9.99. The maximum absolute atomic E-state index is 13.2. The number of carbonyl (C=O) groups is 2. The van der Waals surface area contributed by atoms with Crippen molar-refractivity contribution in [3.05, 3.63) is 65.9 Å². The van der Waals surface area contributed by atoms with Crippen LogP contribution >= 0.6 is 0 Å². The lowest BCUT2D eigenvalue weighted by Gasteiger charge is -2.34. The first kappa shape index (κ1) is 33.3. The molecule has 0 bridgehead atoms. The van der Waals surface area contributed by atoms with E-state index in [1.807, 2.05) is 37.5 Å². The van der Waals surface area contributed by atoms with Gasteiger partial charge in [-0.25, -0.2) is 4.79 Å². The molecule has 3 aromatic rings. The number of alkyl halides is 3. The predicted octanol–water partition coefficient (Wildman–Crippen LogP) is 6.31. The van der Waals surface area contributed by atoms with Crippen molar-refractivity contribution in [2.24, 2.45) is 0 Å². The second kappa shape index (κ2) is 13.4. The van der Waals surface area contributed by atoms with Gasteiger partial charge in [0.15, 0.2) is 0 Å². The number of benzene rings is 2. The molecule has 0 saturated carbocycles. The van der Waals surface area contributed by atoms with E-state index in [2.05, 4.69) is 39.0 Å². The number of ether oxygens (including phenoxy) is 1. The highest BCUT2D eigenvalue weighted by Crippen LogP contribution is 2.41. The van der Waals surface area contributed by atoms with Crippen LogP contribution in [0.4, 0.5) is 18.0 Å². The fourth-order valence-corrected chi connectivity index (χ4v) is 6.31. The maximum atomic E-state index is 13.2. The van der Waals surface area contributed by atoms with Crippen LogP contribution in [0.25, 0.3) is 22.4 Å². The van der Waals surface area contributed by atoms with E-state index >= 15 is 0 Å². The standard InChI is InChI=1S/C34H42F3N5O4/c1-33(2,3)41(32(44)45)14-6-8-26-21-38-31(43)29-20-28(25-7-5-9-27(19-25)46-34(35,36)37)30(42(26)29)24-12-10-23(11-13-24)22-40-17-15-39(4)16-18-40/h5,7,9-13,19-20,26H,6,8,14-18,21-22H2,1-4H3,(H,38,43)(H,44,45)/t26-/m0/s1. The fourth-order valence-electron chi connectivity index (χ4n) is 6.31. The second-order valence-corrected chi connectivity index (χ2v) is 13.1. The minimum absolute atomic E-state index is 0.202. The first-order valence-corrected chi connectivity index (χ1v) is 15.6. The zero-order valence-corrected chi connectivity index (χ0v) is 26.7. The molecule has 3 heterocycles. The van der Waals surface area contributed by atoms with Crippen molar-refractivity contribution in [2.45, 2.75) is 58.1 Å². The van der Waals surface area contributed by atoms with Gasteiger partial charge in [-0.15, -0.1) is 13.2 Å². The average Bonchev–Trinajstić information content (AvgIpc) is 3.38. The number of likely N-dealkylation sites (N-methyl/N-ethyl adjacent to an activating group) is 1. The van der Waals surface area contributed by atoms with Gasteiger partial charge in [0.1, 0.15) is 11.4 Å². The van der Waals surface area contributed by atoms with Crippen molar-refractivity contribution >= 4 is 12.0 Å². The Morgan fingerprint density at radius 1 is 1.02 bits per heavy atom. The number of carbonyl (C=O) groups excluding carboxylic acids is 1. The quantitative estimate of drug-likeness (QED) is 0.285. The monoisotopic (exact) mass is 641 g/mol. The Hall–Kier alpha value is -4.03. The number of aromatic nitrogens is 1. The highest BCUT2D eigenvalue weighted by Gasteiger charge is 2.33. The van der Waals surface area contributed by atoms with E-state index in [4.69, 9.17) is 0 Å². The minimum atomic E-state index is -4.84. The van der Waals surface area contributed by atoms with Crippen LogP contribution in [0.1, 0.15) is 55.7 Å². The average molecular weight is 642 g/mol. The predicted molar refractivity (Wildman–Crippen MR) is 170 cm³/mol. The van der Waals surface area contributed by atoms with Crippen molar-refractivity contribution in [3.63, 3.8) is 0 Å². The Balaban J connectivity index is 1.52. The van der Waals surface area contributed by atoms with Crippen molar-refractivity contribution < 1.29 is 32.6 Å². The van der Waals surface area contributed by atoms with E-state index < -0.39 is 18.0 Å². The molecule has 1 fully saturated rings. The molecule has 1 atom stereocenters. The van der Waals surface area contributed by atoms with E-state index in [9.17, 15) is 27.9 Å². The zero-order chi connectivity index (χ0) is 33.2. The Morgan fingerprint density at radius 3 is 2.35 bits per heavy atom. The van der Waals surface area contributed by atoms with E-state index in [1.54, 1.807) is 12.1 Å². The molecule has 46 heavy (non-hydrogen) atoms. The highest BCUT2D eigenvalue weighted by atomic mass is 19.4. The summed E-state index contributed by atoms with van der Waals surface area (Å²) < 4.78 is 45.5. The molecular weight excluding hydrogens is 599 g/mol. The SMILES string of the molecule is CN1CCN(Cc2ccc(-c3c(-c4cccc(OC(F)(F)F)c4)cc4n3[C@@H](CCCN(C(=O)O)C(C)(C)C)CNC4=O)cc2)CC1. The third-order valence-corrected chi connectivity index (χ3v) is 8.70. The highest BCUT2D eigenvalue weighted by molar-refractivity contribution is 5.98. The van der Waals surface area contributed by atoms with E-state index in [1.165, 1.54) is 23.1 Å². The van der Waals surface area contributed by atoms with Gasteiger partial charge in [-0.2, -0.15) is 0 Å². The summed E-state index contributed by atoms with van der Waals surface area (Å²) in [6, 6.07) is 15.4. The molecular formula is C34H42F3N5O4. The number of hydrogen-bond donors (Lipinski definition) is 2. The number of fused-ring (bicyclic) bond motifs is 1. The first-order valence-electron chi connectivity index (χ1n) is 15.6. The number of rotatable bonds is 9. The Morgan fingerprint density at radius 2 is 1.72 bits per heavy atom. The van der Waals surface area contributed by atoms with Gasteiger partial charge in [0, 0.05) is 56.9 Å². The van der Waals surface area contributed by atoms with Gasteiger partial charge >= 0.3 is 12.5 Å². The van der Waals surface area contributed by atoms with Gasteiger partial charge in [0.2, 0.25) is 0 Å². The smallest absolute Gasteiger partial charge is 0.465 e. The molecule has 5 rings (SSSR count). The van der Waals surface area contributed by atoms with Crippen LogP contribution in [0.2, 0.25) is 0 Å². The van der Waals surface area contributed by atoms with Crippen LogP contribution in [0.15, 0.2) is 54.6 Å². The number of piperazine rings is 1. The van der Waals surface area contributed by atoms with Crippen molar-refractivity contribution in [2.75, 3.05) is 46.3 Å². The van der Waals surface area contributed by atoms with Gasteiger partial charge in [-0.1, -0.05) is 36.4 Å². The molecule has 2 aliphatic rings. The summed E-state index contributed by atoms with van der Waals surface area (Å²) in [5.41, 5.74) is 3.61. The normalized spacial score (nSPS) is 17.8. The lowest BCUT2D eigenvalue weighted by molar-refractivity contribution is -0.274. The summed E-state index contributed by atoms with van der Waals surface area (Å²) in [6.45, 7) is 11.0. The molecule has 2 aromatic carbocycles. The molecule has 248 valence electrons. The number of amides is 2. The Bertz CT molecular complexity index is 1540. The first-order chi connectivity index (χ1) is 21.7. The topological polar surface area (TPSA) is 90.3 Å². The van der Waals surface area contributed by atoms with Gasteiger partial charge in [-0.3, -0.25) is 9.69 Å². The van der Waals surface area contributed by atoms with Crippen LogP contribution in [0, 0.1) is 0 Å². The summed E-state index contributed by atoms with van der Waals surface area (Å²) >= 11 is 0. The summed E-state index contributed by atoms with van der Waals surface area (Å²) in [5.74, 6) is -0.625. The molecule has 0 aliphatic carbocycles. The van der Waals surface area contributed by atoms with E-state index in [-0.39, 0.29) is 17.7 Å². The van der Waals surface area contributed by atoms with Gasteiger partial charge in [0.05, 0.1) is 11.7 Å². The van der Waals surface area contributed by atoms with Crippen LogP contribution in [-0.4, -0.2) is 94.6 Å². The molecule has 1 aromatic heterocycles. The van der Waals surface area contributed by atoms with Gasteiger partial charge < -0.3 is 29.5 Å². The maximum Gasteiger partial charge on any atom is 0.573 e. The Labute approximate surface area is 267 Å². The third kappa shape index (κ3) is 7.84. The van der Waals surface area contributed by atoms with E-state index in [0.717, 1.165) is 49.5 Å². The summed E-state index contributed by atoms with van der Waals surface area (Å²) in [5, 5.41) is 12.7. The fraction of sp³-hybridized carbons (Fsp3) is 0.471. The molecule has 1 saturated heterocycles. The number of hydrogen-bond acceptors (Lipinski definition) is 5. The summed E-state index contributed by atoms with van der Waals surface area (Å²) in [7, 11) is 2.12. The molecule has 0 radical (unpaired) electrons. The molecule has 0 unspecified atom stereocenters. The van der Waals surface area contributed by atoms with Crippen molar-refractivity contribution in [1.82, 2.24) is 24.6 Å². The van der Waals surface area contributed by atoms with Gasteiger partial charge in [0.25, 0.3) is 5.91 Å². The second-order valence-electron chi connectivity index (χ2n) is 13.1.